The number of hydrogen-bond donors (Lipinski definition) is 3. The molecule has 4 aromatic rings. The standard InChI is InChI=1S/C28H29N3O5/c1-18-7-9-19(10-8-18)20-11-14-25-23(16-20)30-27(36-25)21-12-13-24(35-2)22(17-21)31-28(34)29-15-5-3-4-6-26(32)33/h7-14,16-17H,3-6,15H2,1-2H3,(H,32,33)(H2,29,31,34). The Balaban J connectivity index is 1.46. The molecule has 8 nitrogen and oxygen atoms in total. The van der Waals surface area contributed by atoms with Gasteiger partial charge in [-0.25, -0.2) is 9.78 Å². The molecule has 0 aliphatic heterocycles. The SMILES string of the molecule is COc1ccc(-c2nc3cc(-c4ccc(C)cc4)ccc3o2)cc1NC(=O)NCCCCCC(=O)O. The number of carboxylic acids is 1. The van der Waals surface area contributed by atoms with E-state index in [1.807, 2.05) is 24.3 Å². The summed E-state index contributed by atoms with van der Waals surface area (Å²) in [6.45, 7) is 2.51. The van der Waals surface area contributed by atoms with E-state index < -0.39 is 5.97 Å². The number of hydrogen-bond acceptors (Lipinski definition) is 5. The van der Waals surface area contributed by atoms with Gasteiger partial charge in [-0.15, -0.1) is 0 Å². The average Bonchev–Trinajstić information content (AvgIpc) is 3.30. The molecule has 0 bridgehead atoms. The Kier molecular flexibility index (Phi) is 7.85. The Hall–Kier alpha value is -4.33. The minimum Gasteiger partial charge on any atom is -0.495 e. The van der Waals surface area contributed by atoms with E-state index in [0.717, 1.165) is 23.1 Å². The van der Waals surface area contributed by atoms with Crippen LogP contribution < -0.4 is 15.4 Å². The van der Waals surface area contributed by atoms with E-state index >= 15 is 0 Å². The first-order valence-electron chi connectivity index (χ1n) is 11.9. The van der Waals surface area contributed by atoms with Gasteiger partial charge in [-0.1, -0.05) is 42.3 Å². The lowest BCUT2D eigenvalue weighted by Gasteiger charge is -2.12. The third kappa shape index (κ3) is 6.21. The van der Waals surface area contributed by atoms with Gasteiger partial charge in [-0.2, -0.15) is 0 Å². The molecule has 36 heavy (non-hydrogen) atoms. The summed E-state index contributed by atoms with van der Waals surface area (Å²) in [4.78, 5) is 27.6. The van der Waals surface area contributed by atoms with Crippen molar-refractivity contribution in [2.24, 2.45) is 0 Å². The number of urea groups is 1. The van der Waals surface area contributed by atoms with Gasteiger partial charge < -0.3 is 24.9 Å². The number of unbranched alkanes of at least 4 members (excludes halogenated alkanes) is 2. The van der Waals surface area contributed by atoms with Crippen LogP contribution in [0.15, 0.2) is 65.1 Å². The quantitative estimate of drug-likeness (QED) is 0.228. The van der Waals surface area contributed by atoms with Gasteiger partial charge in [-0.05, 0) is 61.2 Å². The van der Waals surface area contributed by atoms with E-state index in [2.05, 4.69) is 46.8 Å². The number of carbonyl (C=O) groups is 2. The first-order valence-corrected chi connectivity index (χ1v) is 11.9. The molecule has 1 heterocycles. The number of anilines is 1. The number of nitrogens with zero attached hydrogens (tertiary/aromatic N) is 1. The highest BCUT2D eigenvalue weighted by Gasteiger charge is 2.14. The van der Waals surface area contributed by atoms with Crippen LogP contribution in [-0.2, 0) is 4.79 Å². The molecule has 3 N–H and O–H groups in total. The fraction of sp³-hybridized carbons (Fsp3) is 0.250. The Morgan fingerprint density at radius 1 is 0.944 bits per heavy atom. The number of carbonyl (C=O) groups excluding carboxylic acids is 1. The summed E-state index contributed by atoms with van der Waals surface area (Å²) in [7, 11) is 1.53. The fourth-order valence-corrected chi connectivity index (χ4v) is 3.86. The zero-order chi connectivity index (χ0) is 25.5. The van der Waals surface area contributed by atoms with E-state index in [1.54, 1.807) is 12.1 Å². The van der Waals surface area contributed by atoms with Crippen LogP contribution in [0, 0.1) is 6.92 Å². The number of methoxy groups -OCH3 is 1. The van der Waals surface area contributed by atoms with Crippen LogP contribution in [0.2, 0.25) is 0 Å². The second-order valence-electron chi connectivity index (χ2n) is 8.57. The van der Waals surface area contributed by atoms with E-state index in [4.69, 9.17) is 14.3 Å². The fourth-order valence-electron chi connectivity index (χ4n) is 3.86. The van der Waals surface area contributed by atoms with Gasteiger partial charge in [0.25, 0.3) is 0 Å². The molecule has 0 radical (unpaired) electrons. The molecule has 0 saturated heterocycles. The zero-order valence-corrected chi connectivity index (χ0v) is 20.3. The monoisotopic (exact) mass is 487 g/mol. The molecule has 3 aromatic carbocycles. The number of aromatic nitrogens is 1. The van der Waals surface area contributed by atoms with E-state index in [9.17, 15) is 9.59 Å². The molecular weight excluding hydrogens is 458 g/mol. The number of amides is 2. The Labute approximate surface area is 209 Å². The highest BCUT2D eigenvalue weighted by Crippen LogP contribution is 2.33. The number of rotatable bonds is 10. The Bertz CT molecular complexity index is 1360. The topological polar surface area (TPSA) is 114 Å². The van der Waals surface area contributed by atoms with Gasteiger partial charge in [0.2, 0.25) is 5.89 Å². The van der Waals surface area contributed by atoms with Crippen LogP contribution >= 0.6 is 0 Å². The third-order valence-electron chi connectivity index (χ3n) is 5.82. The Morgan fingerprint density at radius 2 is 1.69 bits per heavy atom. The van der Waals surface area contributed by atoms with Gasteiger partial charge in [0.05, 0.1) is 12.8 Å². The van der Waals surface area contributed by atoms with Crippen LogP contribution in [0.4, 0.5) is 10.5 Å². The summed E-state index contributed by atoms with van der Waals surface area (Å²) >= 11 is 0. The van der Waals surface area contributed by atoms with Crippen LogP contribution in [0.3, 0.4) is 0 Å². The number of benzene rings is 3. The van der Waals surface area contributed by atoms with Crippen LogP contribution in [-0.4, -0.2) is 35.7 Å². The first kappa shape index (κ1) is 24.8. The third-order valence-corrected chi connectivity index (χ3v) is 5.82. The van der Waals surface area contributed by atoms with Crippen LogP contribution in [0.1, 0.15) is 31.2 Å². The highest BCUT2D eigenvalue weighted by atomic mass is 16.5. The number of aliphatic carboxylic acids is 1. The predicted octanol–water partition coefficient (Wildman–Crippen LogP) is 6.25. The molecule has 0 atom stereocenters. The summed E-state index contributed by atoms with van der Waals surface area (Å²) in [6.07, 6.45) is 2.16. The van der Waals surface area contributed by atoms with E-state index in [1.165, 1.54) is 12.7 Å². The van der Waals surface area contributed by atoms with Crippen molar-refractivity contribution in [2.45, 2.75) is 32.6 Å². The molecule has 4 rings (SSSR count). The molecule has 1 aromatic heterocycles. The van der Waals surface area contributed by atoms with Crippen molar-refractivity contribution in [3.8, 4) is 28.3 Å². The summed E-state index contributed by atoms with van der Waals surface area (Å²) < 4.78 is 11.4. The van der Waals surface area contributed by atoms with Crippen LogP contribution in [0.25, 0.3) is 33.7 Å². The smallest absolute Gasteiger partial charge is 0.319 e. The highest BCUT2D eigenvalue weighted by molar-refractivity contribution is 5.92. The number of carboxylic acid groups (broad SMARTS) is 1. The zero-order valence-electron chi connectivity index (χ0n) is 20.3. The van der Waals surface area contributed by atoms with Gasteiger partial charge in [0.15, 0.2) is 5.58 Å². The second kappa shape index (κ2) is 11.4. The number of oxazole rings is 1. The lowest BCUT2D eigenvalue weighted by Crippen LogP contribution is -2.29. The predicted molar refractivity (Wildman–Crippen MR) is 139 cm³/mol. The minimum absolute atomic E-state index is 0.138. The molecular formula is C28H29N3O5. The maximum atomic E-state index is 12.4. The van der Waals surface area contributed by atoms with Gasteiger partial charge in [-0.3, -0.25) is 4.79 Å². The van der Waals surface area contributed by atoms with Crippen molar-refractivity contribution in [1.29, 1.82) is 0 Å². The molecule has 0 unspecified atom stereocenters. The lowest BCUT2D eigenvalue weighted by molar-refractivity contribution is -0.137. The number of ether oxygens (including phenoxy) is 1. The minimum atomic E-state index is -0.807. The largest absolute Gasteiger partial charge is 0.495 e. The van der Waals surface area contributed by atoms with Crippen molar-refractivity contribution < 1.29 is 23.8 Å². The molecule has 0 fully saturated rings. The van der Waals surface area contributed by atoms with Crippen molar-refractivity contribution in [1.82, 2.24) is 10.3 Å². The second-order valence-corrected chi connectivity index (χ2v) is 8.57. The number of fused-ring (bicyclic) bond motifs is 1. The van der Waals surface area contributed by atoms with E-state index in [-0.39, 0.29) is 12.5 Å². The molecule has 8 heteroatoms. The first-order chi connectivity index (χ1) is 17.4. The van der Waals surface area contributed by atoms with Gasteiger partial charge in [0, 0.05) is 18.5 Å². The maximum Gasteiger partial charge on any atom is 0.319 e. The molecule has 0 aliphatic rings. The molecule has 186 valence electrons. The molecule has 0 saturated carbocycles. The Morgan fingerprint density at radius 3 is 2.44 bits per heavy atom. The summed E-state index contributed by atoms with van der Waals surface area (Å²) in [5.74, 6) is 0.141. The number of nitrogens with one attached hydrogen (secondary N) is 2. The number of aryl methyl sites for hydroxylation is 1. The molecule has 0 spiro atoms. The van der Waals surface area contributed by atoms with Gasteiger partial charge in [0.1, 0.15) is 11.3 Å². The van der Waals surface area contributed by atoms with Crippen molar-refractivity contribution in [3.63, 3.8) is 0 Å². The van der Waals surface area contributed by atoms with Crippen molar-refractivity contribution in [3.05, 3.63) is 66.2 Å². The van der Waals surface area contributed by atoms with E-state index in [0.29, 0.717) is 47.9 Å². The molecule has 2 amide bonds. The van der Waals surface area contributed by atoms with Crippen molar-refractivity contribution >= 4 is 28.8 Å². The average molecular weight is 488 g/mol. The van der Waals surface area contributed by atoms with Crippen molar-refractivity contribution in [2.75, 3.05) is 19.0 Å². The summed E-state index contributed by atoms with van der Waals surface area (Å²) in [5, 5.41) is 14.3. The maximum absolute atomic E-state index is 12.4. The van der Waals surface area contributed by atoms with Crippen LogP contribution in [0.5, 0.6) is 5.75 Å². The summed E-state index contributed by atoms with van der Waals surface area (Å²) in [5.41, 5.74) is 5.97. The normalized spacial score (nSPS) is 10.8. The van der Waals surface area contributed by atoms with Gasteiger partial charge >= 0.3 is 12.0 Å². The molecule has 0 aliphatic carbocycles. The lowest BCUT2D eigenvalue weighted by atomic mass is 10.0. The summed E-state index contributed by atoms with van der Waals surface area (Å²) in [6, 6.07) is 19.2.